The molecule has 0 aromatic carbocycles. The molecule has 2 atom stereocenters. The van der Waals surface area contributed by atoms with E-state index in [1.807, 2.05) is 25.7 Å². The van der Waals surface area contributed by atoms with Crippen LogP contribution in [-0.4, -0.2) is 55.5 Å². The largest absolute Gasteiger partial charge is 0.444 e. The summed E-state index contributed by atoms with van der Waals surface area (Å²) in [5.41, 5.74) is -0.408. The molecule has 5 heteroatoms. The Kier molecular flexibility index (Phi) is 4.68. The predicted octanol–water partition coefficient (Wildman–Crippen LogP) is 1.62. The molecule has 2 heterocycles. The number of likely N-dealkylation sites (tertiary alicyclic amines) is 1. The monoisotopic (exact) mass is 270 g/mol. The van der Waals surface area contributed by atoms with Crippen LogP contribution < -0.4 is 5.32 Å². The lowest BCUT2D eigenvalue weighted by atomic mass is 10.1. The number of hydrogen-bond donors (Lipinski definition) is 1. The van der Waals surface area contributed by atoms with E-state index >= 15 is 0 Å². The summed E-state index contributed by atoms with van der Waals surface area (Å²) in [5, 5.41) is 3.53. The quantitative estimate of drug-likeness (QED) is 0.846. The van der Waals surface area contributed by atoms with Crippen LogP contribution in [0.25, 0.3) is 0 Å². The first kappa shape index (κ1) is 14.6. The van der Waals surface area contributed by atoms with Gasteiger partial charge in [-0.2, -0.15) is 0 Å². The number of amides is 1. The van der Waals surface area contributed by atoms with Crippen LogP contribution in [0.4, 0.5) is 4.79 Å². The maximum Gasteiger partial charge on any atom is 0.410 e. The van der Waals surface area contributed by atoms with Crippen LogP contribution in [0.5, 0.6) is 0 Å². The Morgan fingerprint density at radius 1 is 1.42 bits per heavy atom. The third-order valence-corrected chi connectivity index (χ3v) is 3.56. The van der Waals surface area contributed by atoms with E-state index in [2.05, 4.69) is 5.32 Å². The third-order valence-electron chi connectivity index (χ3n) is 3.56. The lowest BCUT2D eigenvalue weighted by Gasteiger charge is -2.24. The van der Waals surface area contributed by atoms with Gasteiger partial charge in [0.1, 0.15) is 5.60 Å². The standard InChI is InChI=1S/C14H26N2O3/c1-14(2,3)19-13(17)16-6-4-11(9-16)8-15-12-5-7-18-10-12/h11-12,15H,4-10H2,1-3H3/t11-,12+/m0/s1. The van der Waals surface area contributed by atoms with Gasteiger partial charge in [0.2, 0.25) is 0 Å². The molecule has 2 saturated heterocycles. The molecule has 0 saturated carbocycles. The van der Waals surface area contributed by atoms with E-state index in [1.54, 1.807) is 0 Å². The Hall–Kier alpha value is -0.810. The van der Waals surface area contributed by atoms with Gasteiger partial charge in [0, 0.05) is 32.3 Å². The number of carbonyl (C=O) groups excluding carboxylic acids is 1. The van der Waals surface area contributed by atoms with Crippen molar-refractivity contribution in [3.8, 4) is 0 Å². The van der Waals surface area contributed by atoms with Gasteiger partial charge in [0.15, 0.2) is 0 Å². The number of hydrogen-bond acceptors (Lipinski definition) is 4. The number of nitrogens with one attached hydrogen (secondary N) is 1. The van der Waals surface area contributed by atoms with Crippen molar-refractivity contribution in [3.63, 3.8) is 0 Å². The van der Waals surface area contributed by atoms with Gasteiger partial charge in [0.25, 0.3) is 0 Å². The molecule has 0 spiro atoms. The van der Waals surface area contributed by atoms with E-state index in [9.17, 15) is 4.79 Å². The number of rotatable bonds is 3. The van der Waals surface area contributed by atoms with Crippen LogP contribution in [-0.2, 0) is 9.47 Å². The van der Waals surface area contributed by atoms with Crippen LogP contribution in [0.2, 0.25) is 0 Å². The van der Waals surface area contributed by atoms with Gasteiger partial charge < -0.3 is 19.7 Å². The summed E-state index contributed by atoms with van der Waals surface area (Å²) < 4.78 is 10.7. The molecular formula is C14H26N2O3. The highest BCUT2D eigenvalue weighted by atomic mass is 16.6. The van der Waals surface area contributed by atoms with E-state index in [1.165, 1.54) is 0 Å². The van der Waals surface area contributed by atoms with Crippen molar-refractivity contribution >= 4 is 6.09 Å². The Labute approximate surface area is 115 Å². The Morgan fingerprint density at radius 2 is 2.21 bits per heavy atom. The summed E-state index contributed by atoms with van der Waals surface area (Å²) in [6.45, 7) is 9.97. The van der Waals surface area contributed by atoms with Crippen LogP contribution in [0.1, 0.15) is 33.6 Å². The molecule has 1 N–H and O–H groups in total. The molecule has 110 valence electrons. The molecule has 0 radical (unpaired) electrons. The average molecular weight is 270 g/mol. The number of ether oxygens (including phenoxy) is 2. The van der Waals surface area contributed by atoms with E-state index in [0.29, 0.717) is 12.0 Å². The molecular weight excluding hydrogens is 244 g/mol. The first-order valence-corrected chi connectivity index (χ1v) is 7.23. The molecule has 1 amide bonds. The van der Waals surface area contributed by atoms with Crippen molar-refractivity contribution in [2.75, 3.05) is 32.8 Å². The van der Waals surface area contributed by atoms with Crippen LogP contribution in [0.3, 0.4) is 0 Å². The fourth-order valence-electron chi connectivity index (χ4n) is 2.52. The molecule has 0 bridgehead atoms. The van der Waals surface area contributed by atoms with Crippen molar-refractivity contribution in [3.05, 3.63) is 0 Å². The van der Waals surface area contributed by atoms with Crippen LogP contribution >= 0.6 is 0 Å². The second-order valence-electron chi connectivity index (χ2n) is 6.55. The highest BCUT2D eigenvalue weighted by Crippen LogP contribution is 2.19. The zero-order chi connectivity index (χ0) is 13.9. The molecule has 2 aliphatic rings. The smallest absolute Gasteiger partial charge is 0.410 e. The zero-order valence-electron chi connectivity index (χ0n) is 12.3. The minimum atomic E-state index is -0.408. The van der Waals surface area contributed by atoms with Crippen molar-refractivity contribution in [2.24, 2.45) is 5.92 Å². The van der Waals surface area contributed by atoms with Crippen molar-refractivity contribution in [1.29, 1.82) is 0 Å². The summed E-state index contributed by atoms with van der Waals surface area (Å²) in [6, 6.07) is 0.496. The summed E-state index contributed by atoms with van der Waals surface area (Å²) in [6.07, 6.45) is 1.97. The van der Waals surface area contributed by atoms with Gasteiger partial charge in [-0.05, 0) is 39.5 Å². The Morgan fingerprint density at radius 3 is 2.84 bits per heavy atom. The Balaban J connectivity index is 1.68. The minimum Gasteiger partial charge on any atom is -0.444 e. The zero-order valence-corrected chi connectivity index (χ0v) is 12.3. The van der Waals surface area contributed by atoms with Gasteiger partial charge in [-0.1, -0.05) is 0 Å². The average Bonchev–Trinajstić information content (AvgIpc) is 2.96. The van der Waals surface area contributed by atoms with E-state index in [4.69, 9.17) is 9.47 Å². The number of nitrogens with zero attached hydrogens (tertiary/aromatic N) is 1. The SMILES string of the molecule is CC(C)(C)OC(=O)N1CC[C@@H](CN[C@@H]2CCOC2)C1. The van der Waals surface area contributed by atoms with Gasteiger partial charge in [-0.25, -0.2) is 4.79 Å². The van der Waals surface area contributed by atoms with E-state index < -0.39 is 5.60 Å². The highest BCUT2D eigenvalue weighted by Gasteiger charge is 2.30. The van der Waals surface area contributed by atoms with Gasteiger partial charge in [-0.3, -0.25) is 0 Å². The predicted molar refractivity (Wildman–Crippen MR) is 73.1 cm³/mol. The van der Waals surface area contributed by atoms with E-state index in [0.717, 1.165) is 45.7 Å². The molecule has 0 aliphatic carbocycles. The minimum absolute atomic E-state index is 0.181. The van der Waals surface area contributed by atoms with Crippen LogP contribution in [0.15, 0.2) is 0 Å². The van der Waals surface area contributed by atoms with Crippen molar-refractivity contribution < 1.29 is 14.3 Å². The third kappa shape index (κ3) is 4.66. The highest BCUT2D eigenvalue weighted by molar-refractivity contribution is 5.68. The fourth-order valence-corrected chi connectivity index (χ4v) is 2.52. The summed E-state index contributed by atoms with van der Waals surface area (Å²) >= 11 is 0. The molecule has 19 heavy (non-hydrogen) atoms. The second-order valence-corrected chi connectivity index (χ2v) is 6.55. The molecule has 5 nitrogen and oxygen atoms in total. The van der Waals surface area contributed by atoms with Crippen LogP contribution in [0, 0.1) is 5.92 Å². The molecule has 2 rings (SSSR count). The lowest BCUT2D eigenvalue weighted by molar-refractivity contribution is 0.0288. The van der Waals surface area contributed by atoms with Gasteiger partial charge in [0.05, 0.1) is 6.61 Å². The molecule has 0 aromatic rings. The maximum atomic E-state index is 11.9. The molecule has 0 aromatic heterocycles. The van der Waals surface area contributed by atoms with E-state index in [-0.39, 0.29) is 6.09 Å². The summed E-state index contributed by atoms with van der Waals surface area (Å²) in [7, 11) is 0. The first-order valence-electron chi connectivity index (χ1n) is 7.23. The van der Waals surface area contributed by atoms with Crippen molar-refractivity contribution in [2.45, 2.75) is 45.3 Å². The molecule has 2 aliphatic heterocycles. The normalized spacial score (nSPS) is 27.8. The fraction of sp³-hybridized carbons (Fsp3) is 0.929. The molecule has 0 unspecified atom stereocenters. The number of carbonyl (C=O) groups is 1. The Bertz CT molecular complexity index is 308. The first-order chi connectivity index (χ1) is 8.94. The van der Waals surface area contributed by atoms with Gasteiger partial charge >= 0.3 is 6.09 Å². The topological polar surface area (TPSA) is 50.8 Å². The van der Waals surface area contributed by atoms with Crippen molar-refractivity contribution in [1.82, 2.24) is 10.2 Å². The van der Waals surface area contributed by atoms with Gasteiger partial charge in [-0.15, -0.1) is 0 Å². The lowest BCUT2D eigenvalue weighted by Crippen LogP contribution is -2.37. The second kappa shape index (κ2) is 6.09. The molecule has 2 fully saturated rings. The maximum absolute atomic E-state index is 11.9. The summed E-state index contributed by atoms with van der Waals surface area (Å²) in [4.78, 5) is 13.8. The summed E-state index contributed by atoms with van der Waals surface area (Å²) in [5.74, 6) is 0.535.